The van der Waals surface area contributed by atoms with Gasteiger partial charge in [0.25, 0.3) is 5.91 Å². The number of allylic oxidation sites excluding steroid dienone is 1. The molecule has 2 atom stereocenters. The second kappa shape index (κ2) is 8.03. The number of aromatic hydroxyl groups is 1. The Labute approximate surface area is 151 Å². The van der Waals surface area contributed by atoms with Gasteiger partial charge in [-0.3, -0.25) is 9.59 Å². The van der Waals surface area contributed by atoms with Gasteiger partial charge in [-0.2, -0.15) is 0 Å². The Morgan fingerprint density at radius 2 is 2.08 bits per heavy atom. The van der Waals surface area contributed by atoms with E-state index < -0.39 is 18.2 Å². The lowest BCUT2D eigenvalue weighted by Gasteiger charge is -2.24. The number of amides is 2. The zero-order valence-electron chi connectivity index (χ0n) is 14.9. The number of anilines is 1. The molecule has 1 aromatic carbocycles. The van der Waals surface area contributed by atoms with Crippen LogP contribution in [0.4, 0.5) is 5.69 Å². The number of nitrogens with one attached hydrogen (secondary N) is 1. The first kappa shape index (κ1) is 19.5. The molecule has 2 aliphatic rings. The molecule has 0 fully saturated rings. The summed E-state index contributed by atoms with van der Waals surface area (Å²) in [6.07, 6.45) is 3.65. The molecule has 26 heavy (non-hydrogen) atoms. The number of aliphatic hydroxyl groups is 1. The summed E-state index contributed by atoms with van der Waals surface area (Å²) in [5.41, 5.74) is 6.91. The van der Waals surface area contributed by atoms with Crippen LogP contribution in [0.15, 0.2) is 36.1 Å². The lowest BCUT2D eigenvalue weighted by atomic mass is 10.1. The van der Waals surface area contributed by atoms with Gasteiger partial charge in [0, 0.05) is 26.5 Å². The summed E-state index contributed by atoms with van der Waals surface area (Å²) in [6.45, 7) is 1.72. The van der Waals surface area contributed by atoms with Crippen molar-refractivity contribution in [3.63, 3.8) is 0 Å². The molecule has 8 heteroatoms. The number of nitrogens with zero attached hydrogens (tertiary/aromatic N) is 1. The van der Waals surface area contributed by atoms with Crippen LogP contribution < -0.4 is 11.1 Å². The van der Waals surface area contributed by atoms with Gasteiger partial charge in [0.05, 0.1) is 17.3 Å². The Morgan fingerprint density at radius 3 is 2.69 bits per heavy atom. The molecule has 2 aliphatic heterocycles. The summed E-state index contributed by atoms with van der Waals surface area (Å²) in [5.74, 6) is -0.954. The summed E-state index contributed by atoms with van der Waals surface area (Å²) in [6, 6.07) is 2.73. The van der Waals surface area contributed by atoms with Gasteiger partial charge in [0.2, 0.25) is 5.91 Å². The molecular weight excluding hydrogens is 338 g/mol. The molecular formula is C18H23N3O5. The van der Waals surface area contributed by atoms with E-state index in [4.69, 9.17) is 5.73 Å². The van der Waals surface area contributed by atoms with Crippen LogP contribution in [0.25, 0.3) is 0 Å². The normalized spacial score (nSPS) is 21.2. The Hall–Kier alpha value is -2.84. The number of fused-ring (bicyclic) bond motifs is 2. The number of phenolic OH excluding ortho intramolecular Hbond substituents is 1. The number of benzene rings is 1. The van der Waals surface area contributed by atoms with Crippen LogP contribution in [0.1, 0.15) is 22.3 Å². The first-order chi connectivity index (χ1) is 12.3. The highest BCUT2D eigenvalue weighted by molar-refractivity contribution is 6.03. The Bertz CT molecular complexity index is 772. The summed E-state index contributed by atoms with van der Waals surface area (Å²) in [5, 5.41) is 23.3. The van der Waals surface area contributed by atoms with Crippen LogP contribution in [0.3, 0.4) is 0 Å². The summed E-state index contributed by atoms with van der Waals surface area (Å²) in [4.78, 5) is 25.0. The van der Waals surface area contributed by atoms with Crippen molar-refractivity contribution in [2.24, 2.45) is 5.73 Å². The third kappa shape index (κ3) is 3.87. The highest BCUT2D eigenvalue weighted by atomic mass is 16.4. The number of carbonyl (C=O) groups is 2. The van der Waals surface area contributed by atoms with E-state index in [1.807, 2.05) is 0 Å². The second-order valence-electron chi connectivity index (χ2n) is 6.07. The minimum absolute atomic E-state index is 0.0473. The van der Waals surface area contributed by atoms with Gasteiger partial charge in [0.1, 0.15) is 12.0 Å². The van der Waals surface area contributed by atoms with Gasteiger partial charge in [-0.25, -0.2) is 0 Å². The van der Waals surface area contributed by atoms with Crippen molar-refractivity contribution in [3.8, 4) is 5.75 Å². The monoisotopic (exact) mass is 361 g/mol. The van der Waals surface area contributed by atoms with Crippen molar-refractivity contribution in [2.75, 3.05) is 19.5 Å². The van der Waals surface area contributed by atoms with Crippen LogP contribution in [0.2, 0.25) is 0 Å². The molecule has 0 saturated carbocycles. The Kier molecular flexibility index (Phi) is 6.01. The fourth-order valence-electron chi connectivity index (χ4n) is 2.84. The Morgan fingerprint density at radius 1 is 1.42 bits per heavy atom. The topological polar surface area (TPSA) is 125 Å². The third-order valence-corrected chi connectivity index (χ3v) is 4.07. The smallest absolute Gasteiger partial charge is 0.260 e. The molecule has 0 bridgehead atoms. The van der Waals surface area contributed by atoms with Crippen molar-refractivity contribution in [2.45, 2.75) is 25.6 Å². The number of nitrogens with two attached hydrogens (primary N) is 1. The maximum atomic E-state index is 12.7. The molecule has 3 rings (SSSR count). The molecule has 0 spiro atoms. The van der Waals surface area contributed by atoms with Gasteiger partial charge in [-0.1, -0.05) is 12.1 Å². The number of hydrogen-bond acceptors (Lipinski definition) is 6. The van der Waals surface area contributed by atoms with Crippen LogP contribution in [0.5, 0.6) is 5.75 Å². The van der Waals surface area contributed by atoms with E-state index in [9.17, 15) is 19.8 Å². The molecule has 2 unspecified atom stereocenters. The van der Waals surface area contributed by atoms with Crippen LogP contribution >= 0.6 is 0 Å². The number of ether oxygens (including phenoxy) is 1. The quantitative estimate of drug-likeness (QED) is 0.457. The van der Waals surface area contributed by atoms with Crippen LogP contribution in [-0.4, -0.2) is 53.4 Å². The molecule has 0 saturated heterocycles. The molecule has 5 N–H and O–H groups in total. The first-order valence-corrected chi connectivity index (χ1v) is 7.98. The van der Waals surface area contributed by atoms with E-state index in [2.05, 4.69) is 10.1 Å². The van der Waals surface area contributed by atoms with Crippen molar-refractivity contribution in [1.29, 1.82) is 0 Å². The zero-order valence-corrected chi connectivity index (χ0v) is 14.9. The largest absolute Gasteiger partial charge is 0.505 e. The summed E-state index contributed by atoms with van der Waals surface area (Å²) < 4.78 is 4.25. The molecule has 0 aromatic heterocycles. The molecule has 0 aliphatic carbocycles. The fraction of sp³-hybridized carbons (Fsp3) is 0.333. The van der Waals surface area contributed by atoms with Gasteiger partial charge < -0.3 is 30.9 Å². The highest BCUT2D eigenvalue weighted by Gasteiger charge is 2.39. The van der Waals surface area contributed by atoms with Gasteiger partial charge in [-0.05, 0) is 30.5 Å². The molecule has 2 heterocycles. The summed E-state index contributed by atoms with van der Waals surface area (Å²) in [7, 11) is 3.25. The van der Waals surface area contributed by atoms with E-state index in [1.54, 1.807) is 39.5 Å². The van der Waals surface area contributed by atoms with Crippen LogP contribution in [0, 0.1) is 6.92 Å². The van der Waals surface area contributed by atoms with Gasteiger partial charge in [-0.15, -0.1) is 0 Å². The van der Waals surface area contributed by atoms with Gasteiger partial charge in [0.15, 0.2) is 0 Å². The third-order valence-electron chi connectivity index (χ3n) is 4.07. The fourth-order valence-corrected chi connectivity index (χ4v) is 2.84. The van der Waals surface area contributed by atoms with E-state index in [1.165, 1.54) is 17.1 Å². The number of methoxy groups -OCH3 is 1. The number of aryl methyl sites for hydroxylation is 1. The van der Waals surface area contributed by atoms with Crippen molar-refractivity contribution < 1.29 is 24.5 Å². The molecule has 1 aromatic rings. The van der Waals surface area contributed by atoms with Crippen molar-refractivity contribution >= 4 is 17.5 Å². The number of hydrogen-bond donors (Lipinski definition) is 4. The molecule has 0 radical (unpaired) electrons. The Balaban J connectivity index is 0.000000758. The average molecular weight is 361 g/mol. The second-order valence-corrected chi connectivity index (χ2v) is 6.07. The highest BCUT2D eigenvalue weighted by Crippen LogP contribution is 2.38. The molecule has 2 amide bonds. The minimum atomic E-state index is -1.05. The van der Waals surface area contributed by atoms with Gasteiger partial charge >= 0.3 is 0 Å². The van der Waals surface area contributed by atoms with Crippen molar-refractivity contribution in [3.05, 3.63) is 47.2 Å². The minimum Gasteiger partial charge on any atom is -0.505 e. The van der Waals surface area contributed by atoms with Crippen LogP contribution in [-0.2, 0) is 9.53 Å². The number of rotatable bonds is 2. The van der Waals surface area contributed by atoms with E-state index in [0.717, 1.165) is 0 Å². The number of carbonyl (C=O) groups excluding carboxylic acids is 2. The number of phenols is 1. The molecule has 8 nitrogen and oxygen atoms in total. The lowest BCUT2D eigenvalue weighted by molar-refractivity contribution is -0.113. The predicted octanol–water partition coefficient (Wildman–Crippen LogP) is 0.847. The summed E-state index contributed by atoms with van der Waals surface area (Å²) >= 11 is 0. The maximum Gasteiger partial charge on any atom is 0.260 e. The first-order valence-electron chi connectivity index (χ1n) is 7.98. The number of aliphatic hydroxyl groups excluding tert-OH is 1. The zero-order chi connectivity index (χ0) is 19.4. The maximum absolute atomic E-state index is 12.7. The predicted molar refractivity (Wildman–Crippen MR) is 96.4 cm³/mol. The standard InChI is InChI=1S/C16H17N3O4.C2H6O/c1-8-2-4-10-13(14(8)21)18-15(22)11-6-9(3-5-12(17)20)7-19(11)16(10)23;1-3-2/h2-5,7,11,15,18,21-22H,6H2,1H3,(H2,17,20);1-2H3/b5-3+;. The average Bonchev–Trinajstić information content (AvgIpc) is 2.98. The van der Waals surface area contributed by atoms with E-state index in [-0.39, 0.29) is 22.9 Å². The van der Waals surface area contributed by atoms with Crippen molar-refractivity contribution in [1.82, 2.24) is 4.90 Å². The molecule has 140 valence electrons. The SMILES string of the molecule is COC.Cc1ccc2c(c1O)NC(O)C1CC(/C=C/C(N)=O)=CN1C2=O. The number of primary amides is 1. The van der Waals surface area contributed by atoms with E-state index >= 15 is 0 Å². The van der Waals surface area contributed by atoms with E-state index in [0.29, 0.717) is 17.6 Å². The lowest BCUT2D eigenvalue weighted by Crippen LogP contribution is -2.42.